The Balaban J connectivity index is 1.47. The number of aromatic nitrogens is 1. The Morgan fingerprint density at radius 1 is 0.815 bits per heavy atom. The van der Waals surface area contributed by atoms with E-state index in [2.05, 4.69) is 10.3 Å². The van der Waals surface area contributed by atoms with Crippen molar-refractivity contribution in [3.63, 3.8) is 0 Å². The predicted octanol–water partition coefficient (Wildman–Crippen LogP) is 6.38. The molecular weight excluding hydrogens is 376 g/mol. The Labute approximate surface area is 166 Å². The highest BCUT2D eigenvalue weighted by Gasteiger charge is 2.10. The fourth-order valence-electron chi connectivity index (χ4n) is 2.70. The molecule has 0 saturated heterocycles. The van der Waals surface area contributed by atoms with E-state index in [4.69, 9.17) is 11.6 Å². The van der Waals surface area contributed by atoms with Crippen LogP contribution in [0.4, 0.5) is 5.13 Å². The van der Waals surface area contributed by atoms with Gasteiger partial charge in [-0.15, -0.1) is 11.3 Å². The van der Waals surface area contributed by atoms with E-state index in [0.717, 1.165) is 22.4 Å². The molecule has 3 nitrogen and oxygen atoms in total. The molecule has 0 spiro atoms. The normalized spacial score (nSPS) is 10.6. The minimum absolute atomic E-state index is 0.174. The summed E-state index contributed by atoms with van der Waals surface area (Å²) < 4.78 is 0. The van der Waals surface area contributed by atoms with Gasteiger partial charge in [-0.3, -0.25) is 10.1 Å². The maximum absolute atomic E-state index is 12.5. The van der Waals surface area contributed by atoms with Crippen molar-refractivity contribution < 1.29 is 4.79 Å². The molecule has 0 radical (unpaired) electrons. The van der Waals surface area contributed by atoms with Crippen LogP contribution in [0.3, 0.4) is 0 Å². The number of benzene rings is 3. The number of nitrogens with one attached hydrogen (secondary N) is 1. The Hall–Kier alpha value is -2.95. The highest BCUT2D eigenvalue weighted by atomic mass is 35.5. The van der Waals surface area contributed by atoms with Crippen molar-refractivity contribution in [3.8, 4) is 22.4 Å². The first kappa shape index (κ1) is 17.5. The summed E-state index contributed by atoms with van der Waals surface area (Å²) in [5.41, 5.74) is 4.57. The van der Waals surface area contributed by atoms with Gasteiger partial charge >= 0.3 is 0 Å². The summed E-state index contributed by atoms with van der Waals surface area (Å²) in [5, 5.41) is 6.02. The van der Waals surface area contributed by atoms with Crippen LogP contribution in [-0.2, 0) is 0 Å². The first-order valence-corrected chi connectivity index (χ1v) is 9.63. The van der Waals surface area contributed by atoms with Crippen LogP contribution in [0.5, 0.6) is 0 Å². The summed E-state index contributed by atoms with van der Waals surface area (Å²) in [6.07, 6.45) is 0. The first-order valence-electron chi connectivity index (χ1n) is 8.37. The fraction of sp³-hybridized carbons (Fsp3) is 0. The maximum atomic E-state index is 12.5. The van der Waals surface area contributed by atoms with E-state index in [1.54, 1.807) is 0 Å². The molecular formula is C22H15ClN2OS. The van der Waals surface area contributed by atoms with Crippen LogP contribution in [0.25, 0.3) is 22.4 Å². The van der Waals surface area contributed by atoms with Gasteiger partial charge in [0.25, 0.3) is 5.91 Å². The number of amides is 1. The van der Waals surface area contributed by atoms with Crippen LogP contribution in [-0.4, -0.2) is 10.9 Å². The smallest absolute Gasteiger partial charge is 0.257 e. The molecule has 27 heavy (non-hydrogen) atoms. The molecule has 3 aromatic carbocycles. The number of rotatable bonds is 4. The quantitative estimate of drug-likeness (QED) is 0.439. The van der Waals surface area contributed by atoms with Crippen molar-refractivity contribution in [2.24, 2.45) is 0 Å². The summed E-state index contributed by atoms with van der Waals surface area (Å²) in [4.78, 5) is 17.0. The zero-order chi connectivity index (χ0) is 18.6. The van der Waals surface area contributed by atoms with Crippen LogP contribution < -0.4 is 5.32 Å². The number of hydrogen-bond acceptors (Lipinski definition) is 3. The summed E-state index contributed by atoms with van der Waals surface area (Å²) in [7, 11) is 0. The SMILES string of the molecule is O=C(Nc1nc(-c2ccc(Cl)cc2)cs1)c1ccc(-c2ccccc2)cc1. The predicted molar refractivity (Wildman–Crippen MR) is 112 cm³/mol. The molecule has 0 atom stereocenters. The minimum atomic E-state index is -0.174. The topological polar surface area (TPSA) is 42.0 Å². The van der Waals surface area contributed by atoms with Gasteiger partial charge in [0.05, 0.1) is 5.69 Å². The monoisotopic (exact) mass is 390 g/mol. The summed E-state index contributed by atoms with van der Waals surface area (Å²) in [6, 6.07) is 25.1. The van der Waals surface area contributed by atoms with Gasteiger partial charge in [0.1, 0.15) is 0 Å². The number of thiazole rings is 1. The molecule has 0 unspecified atom stereocenters. The average molecular weight is 391 g/mol. The second-order valence-corrected chi connectivity index (χ2v) is 7.24. The van der Waals surface area contributed by atoms with Crippen LogP contribution >= 0.6 is 22.9 Å². The lowest BCUT2D eigenvalue weighted by Gasteiger charge is -2.04. The van der Waals surface area contributed by atoms with E-state index >= 15 is 0 Å². The Bertz CT molecular complexity index is 1060. The lowest BCUT2D eigenvalue weighted by atomic mass is 10.0. The summed E-state index contributed by atoms with van der Waals surface area (Å²) in [5.74, 6) is -0.174. The van der Waals surface area contributed by atoms with Crippen molar-refractivity contribution in [1.29, 1.82) is 0 Å². The van der Waals surface area contributed by atoms with E-state index in [-0.39, 0.29) is 5.91 Å². The van der Waals surface area contributed by atoms with E-state index in [9.17, 15) is 4.79 Å². The second-order valence-electron chi connectivity index (χ2n) is 5.94. The largest absolute Gasteiger partial charge is 0.298 e. The lowest BCUT2D eigenvalue weighted by Crippen LogP contribution is -2.11. The standard InChI is InChI=1S/C22H15ClN2OS/c23-19-12-10-17(11-13-19)20-14-27-22(24-20)25-21(26)18-8-6-16(7-9-18)15-4-2-1-3-5-15/h1-14H,(H,24,25,26). The molecule has 1 heterocycles. The molecule has 132 valence electrons. The van der Waals surface area contributed by atoms with Gasteiger partial charge in [-0.1, -0.05) is 66.2 Å². The number of nitrogens with zero attached hydrogens (tertiary/aromatic N) is 1. The molecule has 0 aliphatic carbocycles. The number of halogens is 1. The van der Waals surface area contributed by atoms with Gasteiger partial charge < -0.3 is 0 Å². The zero-order valence-corrected chi connectivity index (χ0v) is 15.8. The van der Waals surface area contributed by atoms with Crippen molar-refractivity contribution >= 4 is 34.0 Å². The van der Waals surface area contributed by atoms with Gasteiger partial charge in [-0.05, 0) is 35.4 Å². The average Bonchev–Trinajstić information content (AvgIpc) is 3.18. The molecule has 0 saturated carbocycles. The van der Waals surface area contributed by atoms with Crippen molar-refractivity contribution in [1.82, 2.24) is 4.98 Å². The third kappa shape index (κ3) is 4.08. The molecule has 0 aliphatic rings. The van der Waals surface area contributed by atoms with Crippen LogP contribution in [0.1, 0.15) is 10.4 Å². The van der Waals surface area contributed by atoms with Gasteiger partial charge in [0.2, 0.25) is 0 Å². The van der Waals surface area contributed by atoms with Gasteiger partial charge in [0, 0.05) is 21.5 Å². The van der Waals surface area contributed by atoms with Gasteiger partial charge in [-0.25, -0.2) is 4.98 Å². The van der Waals surface area contributed by atoms with E-state index in [0.29, 0.717) is 15.7 Å². The van der Waals surface area contributed by atoms with Crippen molar-refractivity contribution in [3.05, 3.63) is 94.8 Å². The number of carbonyl (C=O) groups is 1. The number of carbonyl (C=O) groups excluding carboxylic acids is 1. The lowest BCUT2D eigenvalue weighted by molar-refractivity contribution is 0.102. The summed E-state index contributed by atoms with van der Waals surface area (Å²) >= 11 is 7.31. The molecule has 4 rings (SSSR count). The minimum Gasteiger partial charge on any atom is -0.298 e. The summed E-state index contributed by atoms with van der Waals surface area (Å²) in [6.45, 7) is 0. The van der Waals surface area contributed by atoms with Gasteiger partial charge in [0.15, 0.2) is 5.13 Å². The number of hydrogen-bond donors (Lipinski definition) is 1. The molecule has 0 aliphatic heterocycles. The van der Waals surface area contributed by atoms with Gasteiger partial charge in [-0.2, -0.15) is 0 Å². The molecule has 0 bridgehead atoms. The second kappa shape index (κ2) is 7.74. The number of anilines is 1. The van der Waals surface area contributed by atoms with Crippen molar-refractivity contribution in [2.45, 2.75) is 0 Å². The molecule has 4 aromatic rings. The molecule has 5 heteroatoms. The Kier molecular flexibility index (Phi) is 5.01. The van der Waals surface area contributed by atoms with Crippen molar-refractivity contribution in [2.75, 3.05) is 5.32 Å². The maximum Gasteiger partial charge on any atom is 0.257 e. The highest BCUT2D eigenvalue weighted by molar-refractivity contribution is 7.14. The molecule has 1 amide bonds. The molecule has 0 fully saturated rings. The Morgan fingerprint density at radius 2 is 1.44 bits per heavy atom. The third-order valence-electron chi connectivity index (χ3n) is 4.12. The third-order valence-corrected chi connectivity index (χ3v) is 5.13. The van der Waals surface area contributed by atoms with E-state index in [1.165, 1.54) is 11.3 Å². The Morgan fingerprint density at radius 3 is 2.15 bits per heavy atom. The fourth-order valence-corrected chi connectivity index (χ4v) is 3.54. The van der Waals surface area contributed by atoms with Crippen LogP contribution in [0.15, 0.2) is 84.2 Å². The van der Waals surface area contributed by atoms with Crippen LogP contribution in [0.2, 0.25) is 5.02 Å². The van der Waals surface area contributed by atoms with Crippen LogP contribution in [0, 0.1) is 0 Å². The highest BCUT2D eigenvalue weighted by Crippen LogP contribution is 2.26. The first-order chi connectivity index (χ1) is 13.2. The molecule has 1 aromatic heterocycles. The zero-order valence-electron chi connectivity index (χ0n) is 14.2. The van der Waals surface area contributed by atoms with E-state index in [1.807, 2.05) is 84.2 Å². The van der Waals surface area contributed by atoms with E-state index < -0.39 is 0 Å². The molecule has 1 N–H and O–H groups in total.